The number of amides is 4. The van der Waals surface area contributed by atoms with Crippen LogP contribution in [0, 0.1) is 12.1 Å². The first-order valence-electron chi connectivity index (χ1n) is 37.6. The first-order chi connectivity index (χ1) is 51.6. The molecule has 4 rings (SSSR count). The van der Waals surface area contributed by atoms with Gasteiger partial charge in [0.15, 0.2) is 5.96 Å². The number of aliphatic hydroxyl groups is 4. The molecule has 0 aromatic heterocycles. The molecule has 18 N–H and O–H groups in total. The topological polar surface area (TPSA) is 440 Å². The molecule has 0 bridgehead atoms. The van der Waals surface area contributed by atoms with Gasteiger partial charge in [-0.3, -0.25) is 24.6 Å². The number of carbonyl (C=O) groups excluding carboxylic acids is 4. The van der Waals surface area contributed by atoms with Gasteiger partial charge in [0.2, 0.25) is 0 Å². The number of hydrogen-bond donors (Lipinski definition) is 17. The molecule has 0 aliphatic carbocycles. The molecular formula is C76H144B4N12O17. The molecule has 0 fully saturated rings. The Labute approximate surface area is 656 Å². The number of carbonyl (C=O) groups is 4. The molecule has 0 aliphatic rings. The van der Waals surface area contributed by atoms with Crippen LogP contribution in [0.3, 0.4) is 0 Å². The quantitative estimate of drug-likeness (QED) is 0.0101. The molecule has 4 aromatic rings. The Kier molecular flexibility index (Phi) is 82.8. The second kappa shape index (κ2) is 78.1. The van der Waals surface area contributed by atoms with Crippen LogP contribution in [0.1, 0.15) is 175 Å². The van der Waals surface area contributed by atoms with Crippen LogP contribution >= 0.6 is 0 Å². The molecule has 109 heavy (non-hydrogen) atoms. The predicted octanol–water partition coefficient (Wildman–Crippen LogP) is 0.788. The van der Waals surface area contributed by atoms with Crippen molar-refractivity contribution in [2.75, 3.05) is 162 Å². The zero-order valence-electron chi connectivity index (χ0n) is 69.8. The van der Waals surface area contributed by atoms with Crippen molar-refractivity contribution in [1.29, 1.82) is 5.41 Å². The van der Waals surface area contributed by atoms with Crippen LogP contribution in [0.2, 0.25) is 0 Å². The summed E-state index contributed by atoms with van der Waals surface area (Å²) in [7, 11) is 12.6. The molecular weight excluding hydrogens is 1400 g/mol. The number of aliphatic hydroxyl groups excluding tert-OH is 4. The van der Waals surface area contributed by atoms with Gasteiger partial charge >= 0.3 is 39.8 Å². The zero-order valence-corrected chi connectivity index (χ0v) is 69.8. The normalized spacial score (nSPS) is 10.3. The van der Waals surface area contributed by atoms with Crippen molar-refractivity contribution in [2.45, 2.75) is 146 Å². The summed E-state index contributed by atoms with van der Waals surface area (Å²) in [5.41, 5.74) is 8.89. The Hall–Kier alpha value is -6.65. The van der Waals surface area contributed by atoms with E-state index in [0.29, 0.717) is 83.4 Å². The fourth-order valence-electron chi connectivity index (χ4n) is 8.81. The number of hydrogen-bond acceptors (Lipinski definition) is 22. The predicted molar refractivity (Wildman–Crippen MR) is 447 cm³/mol. The van der Waals surface area contributed by atoms with E-state index in [4.69, 9.17) is 76.4 Å². The molecule has 0 aliphatic heterocycles. The molecule has 4 amide bonds. The number of rotatable bonds is 34. The number of benzene rings is 4. The fourth-order valence-corrected chi connectivity index (χ4v) is 8.81. The van der Waals surface area contributed by atoms with Crippen LogP contribution in [0.4, 0.5) is 0 Å². The van der Waals surface area contributed by atoms with Crippen molar-refractivity contribution < 1.29 is 84.4 Å². The summed E-state index contributed by atoms with van der Waals surface area (Å²) < 4.78 is 7.50. The first-order valence-corrected chi connectivity index (χ1v) is 37.6. The maximum atomic E-state index is 11.8. The summed E-state index contributed by atoms with van der Waals surface area (Å²) in [4.78, 5) is 59.5. The molecule has 29 nitrogen and oxygen atoms in total. The second-order valence-electron chi connectivity index (χ2n) is 25.2. The van der Waals surface area contributed by atoms with Gasteiger partial charge in [-0.15, -0.1) is 0 Å². The van der Waals surface area contributed by atoms with E-state index < -0.39 is 40.7 Å². The standard InChI is InChI=1S/4C11H16BNO3.2C7H17NO2.C5H13N3.3C4H11N.CO/c4*1-3-8-13(2)11(14)9-4-6-10(7-5-9)12(15)16;2*1-3-4-8(2)5-7(10)6-9;1-3-4-8(2)5(6)7;3*1-3-4-5-2;1-2/h4*4-7,15-16H,3,8H2,1-2H3;2*7,9-10H,3-6H2,1-2H3;3-4H2,1-2H3,(H3,6,7);3*5H,3-4H2,1-2H3;. The summed E-state index contributed by atoms with van der Waals surface area (Å²) in [6.07, 6.45) is 9.37. The number of nitrogens with two attached hydrogens (primary N) is 1. The third kappa shape index (κ3) is 64.7. The molecule has 0 saturated heterocycles. The van der Waals surface area contributed by atoms with Crippen LogP contribution in [0.5, 0.6) is 0 Å². The minimum absolute atomic E-state index is 0.0548. The van der Waals surface area contributed by atoms with E-state index in [0.717, 1.165) is 84.2 Å². The Morgan fingerprint density at radius 1 is 0.367 bits per heavy atom. The molecule has 0 radical (unpaired) electrons. The van der Waals surface area contributed by atoms with E-state index in [2.05, 4.69) is 64.1 Å². The van der Waals surface area contributed by atoms with Crippen molar-refractivity contribution in [1.82, 2.24) is 50.2 Å². The number of likely N-dealkylation sites (N-methyl/N-ethyl adjacent to an activating group) is 2. The van der Waals surface area contributed by atoms with E-state index in [1.54, 1.807) is 101 Å². The van der Waals surface area contributed by atoms with Crippen molar-refractivity contribution in [3.8, 4) is 0 Å². The van der Waals surface area contributed by atoms with Gasteiger partial charge in [-0.2, -0.15) is 0 Å². The van der Waals surface area contributed by atoms with E-state index in [1.165, 1.54) is 67.8 Å². The minimum atomic E-state index is -1.49. The molecule has 33 heteroatoms. The van der Waals surface area contributed by atoms with E-state index in [9.17, 15) is 19.2 Å². The van der Waals surface area contributed by atoms with Gasteiger partial charge in [0.25, 0.3) is 23.6 Å². The van der Waals surface area contributed by atoms with E-state index >= 15 is 0 Å². The van der Waals surface area contributed by atoms with Crippen molar-refractivity contribution in [2.24, 2.45) is 5.73 Å². The van der Waals surface area contributed by atoms with Crippen LogP contribution < -0.4 is 43.5 Å². The van der Waals surface area contributed by atoms with Gasteiger partial charge in [0, 0.05) is 103 Å². The molecule has 622 valence electrons. The average Bonchev–Trinajstić information content (AvgIpc) is 0.886. The Morgan fingerprint density at radius 3 is 0.651 bits per heavy atom. The van der Waals surface area contributed by atoms with Gasteiger partial charge < -0.3 is 117 Å². The Bertz CT molecular complexity index is 2450. The van der Waals surface area contributed by atoms with Crippen LogP contribution in [-0.2, 0) is 4.65 Å². The summed E-state index contributed by atoms with van der Waals surface area (Å²) >= 11 is 0. The van der Waals surface area contributed by atoms with Gasteiger partial charge in [-0.1, -0.05) is 118 Å². The molecule has 4 aromatic carbocycles. The number of guanidine groups is 1. The molecule has 0 heterocycles. The van der Waals surface area contributed by atoms with Gasteiger partial charge in [0.1, 0.15) is 0 Å². The SMILES string of the molecule is CCCN(C)C(=N)N.CCCN(C)C(=O)c1ccc(B(O)O)cc1.CCCN(C)C(=O)c1ccc(B(O)O)cc1.CCCN(C)C(=O)c1ccc(B(O)O)cc1.CCCN(C)C(=O)c1ccc(B(O)O)cc1.CCCN(C)CC(O)CO.CCCN(C)CC(O)CO.CCCNC.CCCNC.CCCNC.[C-]#[O+]. The molecule has 2 atom stereocenters. The third-order valence-electron chi connectivity index (χ3n) is 14.6. The zero-order chi connectivity index (χ0) is 85.4. The summed E-state index contributed by atoms with van der Waals surface area (Å²) in [5.74, 6) is -0.0739. The van der Waals surface area contributed by atoms with Crippen LogP contribution in [0.15, 0.2) is 97.1 Å². The number of nitrogens with zero attached hydrogens (tertiary/aromatic N) is 7. The van der Waals surface area contributed by atoms with Crippen LogP contribution in [0.25, 0.3) is 0 Å². The van der Waals surface area contributed by atoms with Crippen molar-refractivity contribution in [3.63, 3.8) is 0 Å². The van der Waals surface area contributed by atoms with Crippen molar-refractivity contribution >= 4 is 79.9 Å². The summed E-state index contributed by atoms with van der Waals surface area (Å²) in [6.45, 7) is 35.1. The summed E-state index contributed by atoms with van der Waals surface area (Å²) in [5, 5.41) is 122. The summed E-state index contributed by atoms with van der Waals surface area (Å²) in [6, 6.07) is 25.1. The van der Waals surface area contributed by atoms with Crippen LogP contribution in [-0.4, -0.2) is 327 Å². The maximum absolute atomic E-state index is 11.8. The Morgan fingerprint density at radius 2 is 0.541 bits per heavy atom. The second-order valence-corrected chi connectivity index (χ2v) is 25.2. The fraction of sp³-hybridized carbons (Fsp3) is 0.605. The third-order valence-corrected chi connectivity index (χ3v) is 14.6. The average molecular weight is 1540 g/mol. The number of nitrogens with one attached hydrogen (secondary N) is 4. The van der Waals surface area contributed by atoms with E-state index in [-0.39, 0.29) is 42.8 Å². The monoisotopic (exact) mass is 1540 g/mol. The molecule has 0 spiro atoms. The van der Waals surface area contributed by atoms with E-state index in [1.807, 2.05) is 79.8 Å². The van der Waals surface area contributed by atoms with Gasteiger partial charge in [-0.25, -0.2) is 0 Å². The van der Waals surface area contributed by atoms with Crippen molar-refractivity contribution in [3.05, 3.63) is 126 Å². The Balaban J connectivity index is -0.000000217. The molecule has 2 unspecified atom stereocenters. The van der Waals surface area contributed by atoms with Gasteiger partial charge in [-0.05, 0) is 203 Å². The van der Waals surface area contributed by atoms with Gasteiger partial charge in [0.05, 0.1) is 25.4 Å². The first kappa shape index (κ1) is 116. The molecule has 0 saturated carbocycles.